The zero-order valence-electron chi connectivity index (χ0n) is 6.36. The van der Waals surface area contributed by atoms with Crippen LogP contribution in [0, 0.1) is 0 Å². The van der Waals surface area contributed by atoms with Gasteiger partial charge < -0.3 is 5.11 Å². The van der Waals surface area contributed by atoms with E-state index in [2.05, 4.69) is 9.36 Å². The normalized spacial score (nSPS) is 20.0. The number of hydrogen-bond acceptors (Lipinski definition) is 4. The predicted molar refractivity (Wildman–Crippen MR) is 43.1 cm³/mol. The van der Waals surface area contributed by atoms with Gasteiger partial charge in [0.15, 0.2) is 0 Å². The first kappa shape index (κ1) is 7.67. The number of aromatic nitrogens is 2. The standard InChI is InChI=1S/C7H8N2O2S/c10-6(11)7(2-1-3-7)5-8-4-9-12-5/h4H,1-3H2,(H,10,11). The molecule has 0 radical (unpaired) electrons. The Bertz CT molecular complexity index is 292. The number of hydrogen-bond donors (Lipinski definition) is 1. The molecular weight excluding hydrogens is 176 g/mol. The average Bonchev–Trinajstić information content (AvgIpc) is 2.35. The Balaban J connectivity index is 2.35. The maximum Gasteiger partial charge on any atom is 0.316 e. The van der Waals surface area contributed by atoms with E-state index in [1.807, 2.05) is 0 Å². The lowest BCUT2D eigenvalue weighted by Gasteiger charge is -2.34. The smallest absolute Gasteiger partial charge is 0.316 e. The van der Waals surface area contributed by atoms with Gasteiger partial charge in [0.1, 0.15) is 16.7 Å². The van der Waals surface area contributed by atoms with Crippen LogP contribution in [-0.4, -0.2) is 20.4 Å². The summed E-state index contributed by atoms with van der Waals surface area (Å²) in [5.74, 6) is -0.759. The van der Waals surface area contributed by atoms with Crippen LogP contribution in [0.2, 0.25) is 0 Å². The first-order chi connectivity index (χ1) is 5.76. The molecule has 0 aromatic carbocycles. The third-order valence-electron chi connectivity index (χ3n) is 2.39. The van der Waals surface area contributed by atoms with E-state index >= 15 is 0 Å². The van der Waals surface area contributed by atoms with Crippen LogP contribution in [0.3, 0.4) is 0 Å². The highest BCUT2D eigenvalue weighted by Crippen LogP contribution is 2.44. The van der Waals surface area contributed by atoms with Crippen LogP contribution in [0.25, 0.3) is 0 Å². The van der Waals surface area contributed by atoms with Crippen LogP contribution in [0.4, 0.5) is 0 Å². The lowest BCUT2D eigenvalue weighted by molar-refractivity contribution is -0.147. The molecule has 64 valence electrons. The summed E-state index contributed by atoms with van der Waals surface area (Å²) in [5.41, 5.74) is -0.693. The Morgan fingerprint density at radius 1 is 1.67 bits per heavy atom. The van der Waals surface area contributed by atoms with E-state index in [4.69, 9.17) is 5.11 Å². The molecule has 0 aliphatic heterocycles. The Hall–Kier alpha value is -0.970. The van der Waals surface area contributed by atoms with Crippen molar-refractivity contribution in [3.8, 4) is 0 Å². The summed E-state index contributed by atoms with van der Waals surface area (Å²) in [6.45, 7) is 0. The van der Waals surface area contributed by atoms with Crippen LogP contribution in [0.1, 0.15) is 24.3 Å². The fourth-order valence-corrected chi connectivity index (χ4v) is 2.19. The van der Waals surface area contributed by atoms with Gasteiger partial charge in [-0.05, 0) is 24.4 Å². The molecule has 4 nitrogen and oxygen atoms in total. The summed E-state index contributed by atoms with van der Waals surface area (Å²) in [7, 11) is 0. The van der Waals surface area contributed by atoms with Crippen molar-refractivity contribution in [2.45, 2.75) is 24.7 Å². The molecule has 0 bridgehead atoms. The average molecular weight is 184 g/mol. The summed E-state index contributed by atoms with van der Waals surface area (Å²) in [5, 5.41) is 9.65. The quantitative estimate of drug-likeness (QED) is 0.746. The SMILES string of the molecule is O=C(O)C1(c2ncns2)CCC1. The minimum Gasteiger partial charge on any atom is -0.481 e. The van der Waals surface area contributed by atoms with Gasteiger partial charge in [0.2, 0.25) is 0 Å². The molecule has 0 spiro atoms. The van der Waals surface area contributed by atoms with Crippen LogP contribution in [0.5, 0.6) is 0 Å². The van der Waals surface area contributed by atoms with Crippen molar-refractivity contribution < 1.29 is 9.90 Å². The molecule has 1 fully saturated rings. The molecule has 1 aromatic heterocycles. The van der Waals surface area contributed by atoms with E-state index < -0.39 is 11.4 Å². The van der Waals surface area contributed by atoms with Crippen molar-refractivity contribution in [2.75, 3.05) is 0 Å². The number of carboxylic acid groups (broad SMARTS) is 1. The topological polar surface area (TPSA) is 63.1 Å². The van der Waals surface area contributed by atoms with E-state index in [1.165, 1.54) is 17.9 Å². The zero-order valence-corrected chi connectivity index (χ0v) is 7.17. The van der Waals surface area contributed by atoms with Crippen LogP contribution < -0.4 is 0 Å². The Morgan fingerprint density at radius 2 is 2.42 bits per heavy atom. The molecule has 2 rings (SSSR count). The van der Waals surface area contributed by atoms with Gasteiger partial charge in [-0.3, -0.25) is 4.79 Å². The molecule has 1 aliphatic rings. The van der Waals surface area contributed by atoms with Crippen LogP contribution >= 0.6 is 11.5 Å². The Morgan fingerprint density at radius 3 is 2.75 bits per heavy atom. The molecule has 0 saturated heterocycles. The van der Waals surface area contributed by atoms with Crippen molar-refractivity contribution in [3.63, 3.8) is 0 Å². The second-order valence-corrected chi connectivity index (χ2v) is 3.77. The molecule has 0 unspecified atom stereocenters. The molecule has 1 aromatic rings. The highest BCUT2D eigenvalue weighted by atomic mass is 32.1. The zero-order chi connectivity index (χ0) is 8.60. The Kier molecular flexibility index (Phi) is 1.61. The first-order valence-electron chi connectivity index (χ1n) is 3.76. The summed E-state index contributed by atoms with van der Waals surface area (Å²) in [6, 6.07) is 0. The minimum absolute atomic E-state index is 0.654. The van der Waals surface area contributed by atoms with Crippen molar-refractivity contribution >= 4 is 17.5 Å². The van der Waals surface area contributed by atoms with Gasteiger partial charge >= 0.3 is 5.97 Å². The summed E-state index contributed by atoms with van der Waals surface area (Å²) < 4.78 is 3.82. The van der Waals surface area contributed by atoms with E-state index in [0.29, 0.717) is 17.8 Å². The van der Waals surface area contributed by atoms with Crippen molar-refractivity contribution in [3.05, 3.63) is 11.3 Å². The van der Waals surface area contributed by atoms with Gasteiger partial charge in [0, 0.05) is 0 Å². The number of carboxylic acids is 1. The van der Waals surface area contributed by atoms with Crippen LogP contribution in [0.15, 0.2) is 6.33 Å². The minimum atomic E-state index is -0.759. The molecule has 12 heavy (non-hydrogen) atoms. The van der Waals surface area contributed by atoms with E-state index in [9.17, 15) is 4.79 Å². The summed E-state index contributed by atoms with van der Waals surface area (Å²) >= 11 is 1.19. The van der Waals surface area contributed by atoms with Gasteiger partial charge in [0.05, 0.1) is 0 Å². The second-order valence-electron chi connectivity index (χ2n) is 2.99. The van der Waals surface area contributed by atoms with Gasteiger partial charge in [-0.15, -0.1) is 0 Å². The molecular formula is C7H8N2O2S. The number of rotatable bonds is 2. The third kappa shape index (κ3) is 0.859. The molecule has 0 amide bonds. The van der Waals surface area contributed by atoms with Crippen molar-refractivity contribution in [2.24, 2.45) is 0 Å². The van der Waals surface area contributed by atoms with Crippen molar-refractivity contribution in [1.82, 2.24) is 9.36 Å². The first-order valence-corrected chi connectivity index (χ1v) is 4.53. The molecule has 1 heterocycles. The monoisotopic (exact) mass is 184 g/mol. The molecule has 1 saturated carbocycles. The lowest BCUT2D eigenvalue weighted by Crippen LogP contribution is -2.42. The molecule has 1 N–H and O–H groups in total. The summed E-state index contributed by atoms with van der Waals surface area (Å²) in [6.07, 6.45) is 3.81. The highest BCUT2D eigenvalue weighted by molar-refractivity contribution is 7.05. The Labute approximate surface area is 73.4 Å². The molecule has 1 aliphatic carbocycles. The fourth-order valence-electron chi connectivity index (χ4n) is 1.43. The van der Waals surface area contributed by atoms with E-state index in [1.54, 1.807) is 0 Å². The third-order valence-corrected chi connectivity index (χ3v) is 3.26. The largest absolute Gasteiger partial charge is 0.481 e. The highest BCUT2D eigenvalue weighted by Gasteiger charge is 2.48. The van der Waals surface area contributed by atoms with Gasteiger partial charge in [0.25, 0.3) is 0 Å². The van der Waals surface area contributed by atoms with E-state index in [-0.39, 0.29) is 0 Å². The van der Waals surface area contributed by atoms with E-state index in [0.717, 1.165) is 6.42 Å². The molecule has 0 atom stereocenters. The number of aliphatic carboxylic acids is 1. The fraction of sp³-hybridized carbons (Fsp3) is 0.571. The maximum absolute atomic E-state index is 10.9. The predicted octanol–water partition coefficient (Wildman–Crippen LogP) is 1.04. The maximum atomic E-state index is 10.9. The van der Waals surface area contributed by atoms with Gasteiger partial charge in [-0.2, -0.15) is 4.37 Å². The lowest BCUT2D eigenvalue weighted by atomic mass is 9.69. The van der Waals surface area contributed by atoms with Gasteiger partial charge in [-0.25, -0.2) is 4.98 Å². The second kappa shape index (κ2) is 2.52. The van der Waals surface area contributed by atoms with Crippen LogP contribution in [-0.2, 0) is 10.2 Å². The van der Waals surface area contributed by atoms with Crippen molar-refractivity contribution in [1.29, 1.82) is 0 Å². The number of carbonyl (C=O) groups is 1. The number of nitrogens with zero attached hydrogens (tertiary/aromatic N) is 2. The van der Waals surface area contributed by atoms with Gasteiger partial charge in [-0.1, -0.05) is 6.42 Å². The molecule has 5 heteroatoms. The summed E-state index contributed by atoms with van der Waals surface area (Å²) in [4.78, 5) is 14.9.